The van der Waals surface area contributed by atoms with Crippen LogP contribution in [0.25, 0.3) is 6.08 Å². The lowest BCUT2D eigenvalue weighted by Gasteiger charge is -1.94. The molecule has 0 bridgehead atoms. The molecule has 0 fully saturated rings. The van der Waals surface area contributed by atoms with Gasteiger partial charge in [0.1, 0.15) is 6.29 Å². The summed E-state index contributed by atoms with van der Waals surface area (Å²) in [6.07, 6.45) is 3.19. The number of carbonyl (C=O) groups is 1. The molecule has 0 spiro atoms. The molecule has 1 heteroatoms. The first-order valence-electron chi connectivity index (χ1n) is 3.52. The van der Waals surface area contributed by atoms with Crippen LogP contribution in [-0.2, 0) is 11.2 Å². The van der Waals surface area contributed by atoms with Crippen LogP contribution in [0.4, 0.5) is 0 Å². The fourth-order valence-corrected chi connectivity index (χ4v) is 0.886. The van der Waals surface area contributed by atoms with Crippen LogP contribution in [0.15, 0.2) is 30.8 Å². The molecule has 0 saturated carbocycles. The highest BCUT2D eigenvalue weighted by Gasteiger charge is 1.89. The second-order valence-electron chi connectivity index (χ2n) is 2.32. The van der Waals surface area contributed by atoms with Gasteiger partial charge < -0.3 is 4.79 Å². The number of aldehydes is 1. The molecule has 11 heavy (non-hydrogen) atoms. The second-order valence-corrected chi connectivity index (χ2v) is 2.32. The van der Waals surface area contributed by atoms with Crippen LogP contribution in [0.2, 0.25) is 0 Å². The molecule has 0 unspecified atom stereocenters. The van der Waals surface area contributed by atoms with Gasteiger partial charge in [-0.2, -0.15) is 0 Å². The minimum Gasteiger partial charge on any atom is -0.303 e. The van der Waals surface area contributed by atoms with Gasteiger partial charge >= 0.3 is 0 Å². The Morgan fingerprint density at radius 1 is 1.27 bits per heavy atom. The minimum absolute atomic E-state index is 0.497. The van der Waals surface area contributed by atoms with Crippen LogP contribution in [0, 0.1) is 0 Å². The van der Waals surface area contributed by atoms with Crippen LogP contribution in [0.3, 0.4) is 0 Å². The molecular weight excluding hydrogens is 136 g/mol. The van der Waals surface area contributed by atoms with Gasteiger partial charge in [-0.15, -0.1) is 0 Å². The molecule has 1 aromatic rings. The number of rotatable bonds is 3. The number of hydrogen-bond donors (Lipinski definition) is 0. The van der Waals surface area contributed by atoms with Crippen LogP contribution < -0.4 is 0 Å². The van der Waals surface area contributed by atoms with E-state index in [0.29, 0.717) is 6.42 Å². The smallest absolute Gasteiger partial charge is 0.124 e. The van der Waals surface area contributed by atoms with Crippen molar-refractivity contribution in [3.05, 3.63) is 42.0 Å². The van der Waals surface area contributed by atoms with Gasteiger partial charge in [-0.3, -0.25) is 0 Å². The Morgan fingerprint density at radius 3 is 2.36 bits per heavy atom. The van der Waals surface area contributed by atoms with Crippen molar-refractivity contribution in [3.8, 4) is 0 Å². The fourth-order valence-electron chi connectivity index (χ4n) is 0.886. The third-order valence-corrected chi connectivity index (χ3v) is 1.53. The van der Waals surface area contributed by atoms with Crippen molar-refractivity contribution < 1.29 is 4.79 Å². The zero-order valence-electron chi connectivity index (χ0n) is 6.29. The van der Waals surface area contributed by atoms with E-state index in [1.807, 2.05) is 24.3 Å². The number of benzene rings is 1. The van der Waals surface area contributed by atoms with Crippen molar-refractivity contribution in [2.24, 2.45) is 0 Å². The minimum atomic E-state index is 0.497. The zero-order valence-corrected chi connectivity index (χ0v) is 6.29. The molecule has 56 valence electrons. The molecule has 1 nitrogen and oxygen atoms in total. The first-order valence-corrected chi connectivity index (χ1v) is 3.52. The Bertz CT molecular complexity index is 246. The SMILES string of the molecule is C=Cc1ccc(CC=O)cc1. The Hall–Kier alpha value is -1.37. The second kappa shape index (κ2) is 3.71. The lowest BCUT2D eigenvalue weighted by Crippen LogP contribution is -1.84. The molecule has 0 atom stereocenters. The molecule has 0 heterocycles. The van der Waals surface area contributed by atoms with Crippen molar-refractivity contribution in [3.63, 3.8) is 0 Å². The van der Waals surface area contributed by atoms with Crippen LogP contribution in [0.5, 0.6) is 0 Å². The lowest BCUT2D eigenvalue weighted by molar-refractivity contribution is -0.107. The van der Waals surface area contributed by atoms with Gasteiger partial charge in [0.2, 0.25) is 0 Å². The molecule has 0 aromatic heterocycles. The Balaban J connectivity index is 2.81. The summed E-state index contributed by atoms with van der Waals surface area (Å²) in [5, 5.41) is 0. The molecule has 0 aliphatic heterocycles. The van der Waals surface area contributed by atoms with Gasteiger partial charge in [0.05, 0.1) is 0 Å². The van der Waals surface area contributed by atoms with Crippen molar-refractivity contribution in [1.82, 2.24) is 0 Å². The summed E-state index contributed by atoms with van der Waals surface area (Å²) in [5.41, 5.74) is 2.13. The van der Waals surface area contributed by atoms with E-state index in [0.717, 1.165) is 17.4 Å². The summed E-state index contributed by atoms with van der Waals surface area (Å²) in [5.74, 6) is 0. The number of carbonyl (C=O) groups excluding carboxylic acids is 1. The maximum absolute atomic E-state index is 10.1. The molecule has 0 aliphatic rings. The Morgan fingerprint density at radius 2 is 1.91 bits per heavy atom. The van der Waals surface area contributed by atoms with Gasteiger partial charge in [-0.1, -0.05) is 36.9 Å². The van der Waals surface area contributed by atoms with E-state index in [4.69, 9.17) is 0 Å². The highest BCUT2D eigenvalue weighted by Crippen LogP contribution is 2.04. The molecule has 0 saturated heterocycles. The lowest BCUT2D eigenvalue weighted by atomic mass is 10.1. The Kier molecular flexibility index (Phi) is 2.61. The molecule has 0 radical (unpaired) electrons. The van der Waals surface area contributed by atoms with E-state index in [9.17, 15) is 4.79 Å². The van der Waals surface area contributed by atoms with Crippen molar-refractivity contribution in [1.29, 1.82) is 0 Å². The summed E-state index contributed by atoms with van der Waals surface area (Å²) in [6.45, 7) is 3.64. The predicted octanol–water partition coefficient (Wildman–Crippen LogP) is 2.07. The summed E-state index contributed by atoms with van der Waals surface area (Å²) in [7, 11) is 0. The largest absolute Gasteiger partial charge is 0.303 e. The van der Waals surface area contributed by atoms with Crippen LogP contribution in [0.1, 0.15) is 11.1 Å². The van der Waals surface area contributed by atoms with E-state index in [1.165, 1.54) is 0 Å². The molecular formula is C10H10O. The molecule has 0 aliphatic carbocycles. The number of hydrogen-bond acceptors (Lipinski definition) is 1. The van der Waals surface area contributed by atoms with Crippen LogP contribution >= 0.6 is 0 Å². The topological polar surface area (TPSA) is 17.1 Å². The highest BCUT2D eigenvalue weighted by atomic mass is 16.1. The zero-order chi connectivity index (χ0) is 8.10. The summed E-state index contributed by atoms with van der Waals surface area (Å²) in [4.78, 5) is 10.1. The quantitative estimate of drug-likeness (QED) is 0.596. The average molecular weight is 146 g/mol. The monoisotopic (exact) mass is 146 g/mol. The summed E-state index contributed by atoms with van der Waals surface area (Å²) < 4.78 is 0. The summed E-state index contributed by atoms with van der Waals surface area (Å²) >= 11 is 0. The predicted molar refractivity (Wildman–Crippen MR) is 46.3 cm³/mol. The van der Waals surface area contributed by atoms with Gasteiger partial charge in [-0.25, -0.2) is 0 Å². The first-order chi connectivity index (χ1) is 5.36. The van der Waals surface area contributed by atoms with E-state index in [-0.39, 0.29) is 0 Å². The molecule has 1 aromatic carbocycles. The third kappa shape index (κ3) is 2.04. The normalized spacial score (nSPS) is 9.09. The Labute approximate surface area is 66.4 Å². The van der Waals surface area contributed by atoms with Gasteiger partial charge in [0.15, 0.2) is 0 Å². The third-order valence-electron chi connectivity index (χ3n) is 1.53. The molecule has 1 rings (SSSR count). The first kappa shape index (κ1) is 7.73. The van der Waals surface area contributed by atoms with Gasteiger partial charge in [0, 0.05) is 6.42 Å². The molecule has 0 N–H and O–H groups in total. The standard InChI is InChI=1S/C10H10O/c1-2-9-3-5-10(6-4-9)7-8-11/h2-6,8H,1,7H2. The molecule has 0 amide bonds. The van der Waals surface area contributed by atoms with E-state index in [1.54, 1.807) is 6.08 Å². The maximum Gasteiger partial charge on any atom is 0.124 e. The van der Waals surface area contributed by atoms with Crippen molar-refractivity contribution >= 4 is 12.4 Å². The highest BCUT2D eigenvalue weighted by molar-refractivity contribution is 5.56. The van der Waals surface area contributed by atoms with Gasteiger partial charge in [0.25, 0.3) is 0 Å². The van der Waals surface area contributed by atoms with Gasteiger partial charge in [-0.05, 0) is 11.1 Å². The average Bonchev–Trinajstić information content (AvgIpc) is 2.07. The van der Waals surface area contributed by atoms with E-state index < -0.39 is 0 Å². The van der Waals surface area contributed by atoms with Crippen molar-refractivity contribution in [2.75, 3.05) is 0 Å². The van der Waals surface area contributed by atoms with Crippen LogP contribution in [-0.4, -0.2) is 6.29 Å². The van der Waals surface area contributed by atoms with E-state index in [2.05, 4.69) is 6.58 Å². The maximum atomic E-state index is 10.1. The fraction of sp³-hybridized carbons (Fsp3) is 0.100. The van der Waals surface area contributed by atoms with Crippen molar-refractivity contribution in [2.45, 2.75) is 6.42 Å². The van der Waals surface area contributed by atoms with E-state index >= 15 is 0 Å². The summed E-state index contributed by atoms with van der Waals surface area (Å²) in [6, 6.07) is 7.77.